The third-order valence-corrected chi connectivity index (χ3v) is 1.47. The first-order valence-electron chi connectivity index (χ1n) is 5.70. The van der Waals surface area contributed by atoms with E-state index in [1.165, 1.54) is 5.56 Å². The molecule has 1 nitrogen and oxygen atoms in total. The minimum atomic E-state index is 0. The average Bonchev–Trinajstić information content (AvgIpc) is 2.21. The average molecular weight is 241 g/mol. The summed E-state index contributed by atoms with van der Waals surface area (Å²) in [6.07, 6.45) is 0. The van der Waals surface area contributed by atoms with E-state index in [2.05, 4.69) is 38.1 Å². The highest BCUT2D eigenvalue weighted by molar-refractivity contribution is 5.17. The van der Waals surface area contributed by atoms with Crippen LogP contribution < -0.4 is 0 Å². The number of hydrogen-bond acceptors (Lipinski definition) is 1. The Balaban J connectivity index is -0.0000000925. The molecule has 0 aliphatic carbocycles. The van der Waals surface area contributed by atoms with E-state index in [9.17, 15) is 0 Å². The molecule has 17 heavy (non-hydrogen) atoms. The Bertz CT molecular complexity index is 199. The molecule has 0 aromatic heterocycles. The molecular weight excluding hydrogens is 206 g/mol. The van der Waals surface area contributed by atoms with Gasteiger partial charge in [0.05, 0.1) is 0 Å². The second kappa shape index (κ2) is 17.6. The molecule has 1 aromatic rings. The third-order valence-electron chi connectivity index (χ3n) is 1.47. The lowest BCUT2D eigenvalue weighted by Crippen LogP contribution is -1.99. The molecule has 0 N–H and O–H groups in total. The van der Waals surface area contributed by atoms with Gasteiger partial charge in [-0.3, -0.25) is 0 Å². The first kappa shape index (κ1) is 25.1. The molecule has 0 radical (unpaired) electrons. The maximum atomic E-state index is 2.20. The number of hydrogen-bond donors (Lipinski definition) is 0. The van der Waals surface area contributed by atoms with Crippen LogP contribution in [0.3, 0.4) is 0 Å². The van der Waals surface area contributed by atoms with E-state index in [0.29, 0.717) is 5.92 Å². The van der Waals surface area contributed by atoms with Crippen molar-refractivity contribution in [2.24, 2.45) is 0 Å². The smallest absolute Gasteiger partial charge is 0.0140 e. The Morgan fingerprint density at radius 2 is 1.12 bits per heavy atom. The molecule has 0 bridgehead atoms. The molecule has 0 aliphatic heterocycles. The molecule has 0 amide bonds. The number of benzene rings is 1. The van der Waals surface area contributed by atoms with Crippen molar-refractivity contribution in [3.8, 4) is 0 Å². The Kier molecular flexibility index (Phi) is 26.0. The quantitative estimate of drug-likeness (QED) is 0.646. The summed E-state index contributed by atoms with van der Waals surface area (Å²) in [5.74, 6) is 0.659. The molecule has 0 saturated carbocycles. The van der Waals surface area contributed by atoms with Crippen molar-refractivity contribution in [3.63, 3.8) is 0 Å². The Morgan fingerprint density at radius 1 is 0.824 bits per heavy atom. The van der Waals surface area contributed by atoms with Gasteiger partial charge in [0.1, 0.15) is 0 Å². The third kappa shape index (κ3) is 21.1. The van der Waals surface area contributed by atoms with Crippen LogP contribution in [0.15, 0.2) is 30.3 Å². The van der Waals surface area contributed by atoms with E-state index in [4.69, 9.17) is 0 Å². The predicted octanol–water partition coefficient (Wildman–Crippen LogP) is 5.29. The van der Waals surface area contributed by atoms with Gasteiger partial charge in [0.15, 0.2) is 0 Å². The van der Waals surface area contributed by atoms with Crippen molar-refractivity contribution in [1.29, 1.82) is 0 Å². The monoisotopic (exact) mass is 241 g/mol. The van der Waals surface area contributed by atoms with Crippen molar-refractivity contribution in [2.45, 2.75) is 48.5 Å². The first-order valence-corrected chi connectivity index (χ1v) is 5.70. The van der Waals surface area contributed by atoms with Crippen molar-refractivity contribution < 1.29 is 0 Å². The topological polar surface area (TPSA) is 3.24 Å². The molecule has 104 valence electrons. The van der Waals surface area contributed by atoms with Crippen LogP contribution >= 0.6 is 0 Å². The molecule has 0 aliphatic rings. The molecular formula is C16H35N. The van der Waals surface area contributed by atoms with Gasteiger partial charge in [-0.25, -0.2) is 0 Å². The van der Waals surface area contributed by atoms with Crippen molar-refractivity contribution >= 4 is 0 Å². The summed E-state index contributed by atoms with van der Waals surface area (Å²) in [5.41, 5.74) is 1.41. The largest absolute Gasteiger partial charge is 0.312 e. The van der Waals surface area contributed by atoms with Crippen LogP contribution in [0.5, 0.6) is 0 Å². The standard InChI is InChI=1S/C9H12.C3H9N.C2H6.2CH4/c1-8(2)9-6-4-3-5-7-9;1-4(2)3;1-2;;/h3-8H,1-2H3;1-3H3;1-2H3;2*1H4. The molecule has 0 spiro atoms. The van der Waals surface area contributed by atoms with E-state index >= 15 is 0 Å². The lowest BCUT2D eigenvalue weighted by Gasteiger charge is -2.01. The molecule has 1 heteroatoms. The fourth-order valence-corrected chi connectivity index (χ4v) is 0.838. The fraction of sp³-hybridized carbons (Fsp3) is 0.625. The van der Waals surface area contributed by atoms with Gasteiger partial charge in [0, 0.05) is 0 Å². The van der Waals surface area contributed by atoms with Gasteiger partial charge in [0.2, 0.25) is 0 Å². The minimum absolute atomic E-state index is 0. The summed E-state index contributed by atoms with van der Waals surface area (Å²) in [6.45, 7) is 8.41. The summed E-state index contributed by atoms with van der Waals surface area (Å²) >= 11 is 0. The van der Waals surface area contributed by atoms with Crippen LogP contribution in [0.1, 0.15) is 54.0 Å². The lowest BCUT2D eigenvalue weighted by atomic mass is 10.0. The van der Waals surface area contributed by atoms with E-state index in [0.717, 1.165) is 0 Å². The summed E-state index contributed by atoms with van der Waals surface area (Å²) in [6, 6.07) is 10.5. The van der Waals surface area contributed by atoms with Crippen LogP contribution in [0.25, 0.3) is 0 Å². The maximum Gasteiger partial charge on any atom is -0.0140 e. The zero-order chi connectivity index (χ0) is 12.3. The van der Waals surface area contributed by atoms with E-state index in [1.807, 2.05) is 46.0 Å². The summed E-state index contributed by atoms with van der Waals surface area (Å²) in [4.78, 5) is 2.00. The van der Waals surface area contributed by atoms with E-state index in [1.54, 1.807) is 0 Å². The van der Waals surface area contributed by atoms with Gasteiger partial charge in [-0.15, -0.1) is 0 Å². The highest BCUT2D eigenvalue weighted by atomic mass is 15.0. The fourth-order valence-electron chi connectivity index (χ4n) is 0.838. The molecule has 0 atom stereocenters. The summed E-state index contributed by atoms with van der Waals surface area (Å²) < 4.78 is 0. The molecule has 1 rings (SSSR count). The predicted molar refractivity (Wildman–Crippen MR) is 85.0 cm³/mol. The summed E-state index contributed by atoms with van der Waals surface area (Å²) in [5, 5.41) is 0. The van der Waals surface area contributed by atoms with Crippen molar-refractivity contribution in [2.75, 3.05) is 21.1 Å². The van der Waals surface area contributed by atoms with E-state index in [-0.39, 0.29) is 14.9 Å². The SMILES string of the molecule is C.C.CC.CC(C)c1ccccc1.CN(C)C. The normalized spacial score (nSPS) is 7.82. The highest BCUT2D eigenvalue weighted by Gasteiger charge is 1.93. The van der Waals surface area contributed by atoms with Crippen molar-refractivity contribution in [1.82, 2.24) is 4.90 Å². The van der Waals surface area contributed by atoms with Crippen LogP contribution in [-0.4, -0.2) is 26.0 Å². The Labute approximate surface area is 111 Å². The van der Waals surface area contributed by atoms with Gasteiger partial charge >= 0.3 is 0 Å². The first-order chi connectivity index (χ1) is 7.04. The number of nitrogens with zero attached hydrogens (tertiary/aromatic N) is 1. The molecule has 0 fully saturated rings. The minimum Gasteiger partial charge on any atom is -0.312 e. The van der Waals surface area contributed by atoms with Gasteiger partial charge in [-0.1, -0.05) is 72.9 Å². The lowest BCUT2D eigenvalue weighted by molar-refractivity contribution is 0.505. The number of rotatable bonds is 1. The zero-order valence-electron chi connectivity index (χ0n) is 11.4. The molecule has 0 unspecified atom stereocenters. The second-order valence-electron chi connectivity index (χ2n) is 3.91. The highest BCUT2D eigenvalue weighted by Crippen LogP contribution is 2.11. The second-order valence-corrected chi connectivity index (χ2v) is 3.91. The summed E-state index contributed by atoms with van der Waals surface area (Å²) in [7, 11) is 6.00. The Morgan fingerprint density at radius 3 is 1.29 bits per heavy atom. The van der Waals surface area contributed by atoms with Gasteiger partial charge in [0.25, 0.3) is 0 Å². The van der Waals surface area contributed by atoms with E-state index < -0.39 is 0 Å². The van der Waals surface area contributed by atoms with Crippen molar-refractivity contribution in [3.05, 3.63) is 35.9 Å². The van der Waals surface area contributed by atoms with Gasteiger partial charge in [-0.05, 0) is 32.6 Å². The van der Waals surface area contributed by atoms with Crippen LogP contribution in [0.4, 0.5) is 0 Å². The van der Waals surface area contributed by atoms with Gasteiger partial charge in [-0.2, -0.15) is 0 Å². The van der Waals surface area contributed by atoms with Crippen LogP contribution in [0, 0.1) is 0 Å². The molecule has 0 saturated heterocycles. The zero-order valence-corrected chi connectivity index (χ0v) is 11.4. The van der Waals surface area contributed by atoms with Gasteiger partial charge < -0.3 is 4.90 Å². The van der Waals surface area contributed by atoms with Crippen LogP contribution in [0.2, 0.25) is 0 Å². The Hall–Kier alpha value is -0.820. The maximum absolute atomic E-state index is 2.20. The molecule has 1 aromatic carbocycles. The van der Waals surface area contributed by atoms with Crippen LogP contribution in [-0.2, 0) is 0 Å². The molecule has 0 heterocycles.